The normalized spacial score (nSPS) is 11.7. The lowest BCUT2D eigenvalue weighted by molar-refractivity contribution is 0.673. The van der Waals surface area contributed by atoms with E-state index in [9.17, 15) is 0 Å². The molecule has 6 heteroatoms. The van der Waals surface area contributed by atoms with Gasteiger partial charge in [0.1, 0.15) is 11.2 Å². The predicted octanol–water partition coefficient (Wildman–Crippen LogP) is 19.6. The van der Waals surface area contributed by atoms with Crippen LogP contribution < -0.4 is 0 Å². The summed E-state index contributed by atoms with van der Waals surface area (Å²) >= 11 is 0. The summed E-state index contributed by atoms with van der Waals surface area (Å²) in [5, 5.41) is 6.68. The molecule has 81 heavy (non-hydrogen) atoms. The predicted molar refractivity (Wildman–Crippen MR) is 334 cm³/mol. The molecule has 378 valence electrons. The third-order valence-corrected chi connectivity index (χ3v) is 16.0. The topological polar surface area (TPSA) is 61.7 Å². The highest BCUT2D eigenvalue weighted by atomic mass is 16.3. The van der Waals surface area contributed by atoms with Crippen LogP contribution in [0.1, 0.15) is 0 Å². The smallest absolute Gasteiger partial charge is 0.164 e. The Labute approximate surface area is 466 Å². The first-order valence-corrected chi connectivity index (χ1v) is 27.4. The summed E-state index contributed by atoms with van der Waals surface area (Å²) in [6, 6.07) is 101. The highest BCUT2D eigenvalue weighted by molar-refractivity contribution is 6.26. The van der Waals surface area contributed by atoms with Crippen molar-refractivity contribution in [3.8, 4) is 90.0 Å². The van der Waals surface area contributed by atoms with E-state index in [2.05, 4.69) is 258 Å². The van der Waals surface area contributed by atoms with Crippen LogP contribution in [0.2, 0.25) is 0 Å². The first-order valence-electron chi connectivity index (χ1n) is 27.4. The molecule has 0 aliphatic rings. The SMILES string of the molecule is c1ccc(-c2ccc(-c3cc(-c4nc(-c5ccccc5)nc(-c5ccccc5)n4)cc(-c4ccc(-c5ccccc5)cc4)c3-n3c4ccccc4c4c5oc6cc7c(cc6c5ccc43)c3ccccc3n7-c3ccccc3)cc2)cc1. The van der Waals surface area contributed by atoms with E-state index in [-0.39, 0.29) is 0 Å². The Morgan fingerprint density at radius 2 is 0.691 bits per heavy atom. The van der Waals surface area contributed by atoms with E-state index in [1.807, 2.05) is 36.4 Å². The fourth-order valence-electron chi connectivity index (χ4n) is 12.2. The Morgan fingerprint density at radius 1 is 0.259 bits per heavy atom. The second-order valence-electron chi connectivity index (χ2n) is 20.7. The number of hydrogen-bond acceptors (Lipinski definition) is 4. The van der Waals surface area contributed by atoms with Gasteiger partial charge in [-0.2, -0.15) is 0 Å². The molecule has 0 bridgehead atoms. The maximum absolute atomic E-state index is 7.28. The summed E-state index contributed by atoms with van der Waals surface area (Å²) in [6.07, 6.45) is 0. The lowest BCUT2D eigenvalue weighted by Gasteiger charge is -2.21. The van der Waals surface area contributed by atoms with Crippen LogP contribution in [0, 0.1) is 0 Å². The van der Waals surface area contributed by atoms with Gasteiger partial charge in [-0.3, -0.25) is 0 Å². The molecule has 4 heterocycles. The molecule has 0 fully saturated rings. The third-order valence-electron chi connectivity index (χ3n) is 16.0. The Kier molecular flexibility index (Phi) is 10.8. The number of para-hydroxylation sites is 3. The van der Waals surface area contributed by atoms with Crippen LogP contribution in [-0.4, -0.2) is 24.1 Å². The van der Waals surface area contributed by atoms with Gasteiger partial charge >= 0.3 is 0 Å². The summed E-state index contributed by atoms with van der Waals surface area (Å²) in [4.78, 5) is 15.8. The van der Waals surface area contributed by atoms with Crippen molar-refractivity contribution >= 4 is 65.6 Å². The number of nitrogens with zero attached hydrogens (tertiary/aromatic N) is 5. The maximum Gasteiger partial charge on any atom is 0.164 e. The van der Waals surface area contributed by atoms with Crippen LogP contribution in [0.3, 0.4) is 0 Å². The van der Waals surface area contributed by atoms with Crippen LogP contribution in [0.5, 0.6) is 0 Å². The van der Waals surface area contributed by atoms with E-state index < -0.39 is 0 Å². The van der Waals surface area contributed by atoms with Gasteiger partial charge in [-0.15, -0.1) is 0 Å². The number of furan rings is 1. The third kappa shape index (κ3) is 7.76. The molecule has 0 aliphatic heterocycles. The lowest BCUT2D eigenvalue weighted by atomic mass is 9.91. The molecule has 12 aromatic carbocycles. The zero-order chi connectivity index (χ0) is 53.4. The van der Waals surface area contributed by atoms with Crippen molar-refractivity contribution in [2.75, 3.05) is 0 Å². The van der Waals surface area contributed by atoms with Crippen LogP contribution in [0.4, 0.5) is 0 Å². The molecule has 0 aliphatic carbocycles. The quantitative estimate of drug-likeness (QED) is 0.145. The van der Waals surface area contributed by atoms with E-state index in [0.29, 0.717) is 17.5 Å². The van der Waals surface area contributed by atoms with Crippen molar-refractivity contribution in [3.63, 3.8) is 0 Å². The standard InChI is InChI=1S/C75H47N5O/c1-6-20-48(21-7-1)50-34-38-52(39-35-50)61-44-56(75-77-73(54-24-10-3-11-25-54)76-74(78-75)55-26-12-4-13-27-55)45-62(53-40-36-51(37-41-53)49-22-8-2-9-23-49)71(61)80-66-33-19-17-31-60(66)70-67(80)43-42-59-64-46-63-58-30-16-18-32-65(58)79(57-28-14-5-15-29-57)68(63)47-69(64)81-72(59)70/h1-47H. The van der Waals surface area contributed by atoms with Gasteiger partial charge in [0.25, 0.3) is 0 Å². The molecule has 16 rings (SSSR count). The summed E-state index contributed by atoms with van der Waals surface area (Å²) < 4.78 is 12.1. The van der Waals surface area contributed by atoms with E-state index in [1.165, 1.54) is 10.8 Å². The van der Waals surface area contributed by atoms with Gasteiger partial charge in [0.2, 0.25) is 0 Å². The van der Waals surface area contributed by atoms with Crippen molar-refractivity contribution in [3.05, 3.63) is 285 Å². The summed E-state index contributed by atoms with van der Waals surface area (Å²) in [5.41, 5.74) is 19.6. The first kappa shape index (κ1) is 46.2. The Hall–Kier alpha value is -11.0. The van der Waals surface area contributed by atoms with Crippen molar-refractivity contribution < 1.29 is 4.42 Å². The summed E-state index contributed by atoms with van der Waals surface area (Å²) in [6.45, 7) is 0. The molecule has 0 amide bonds. The number of fused-ring (bicyclic) bond motifs is 10. The zero-order valence-corrected chi connectivity index (χ0v) is 43.8. The van der Waals surface area contributed by atoms with Crippen molar-refractivity contribution in [2.24, 2.45) is 0 Å². The number of rotatable bonds is 9. The Bertz CT molecular complexity index is 4890. The average molecular weight is 1030 g/mol. The van der Waals surface area contributed by atoms with Gasteiger partial charge < -0.3 is 13.6 Å². The molecule has 0 saturated heterocycles. The maximum atomic E-state index is 7.28. The molecular formula is C75H47N5O. The van der Waals surface area contributed by atoms with Crippen LogP contribution in [-0.2, 0) is 0 Å². The Balaban J connectivity index is 0.996. The molecule has 0 N–H and O–H groups in total. The molecule has 0 saturated carbocycles. The van der Waals surface area contributed by atoms with E-state index in [1.54, 1.807) is 0 Å². The van der Waals surface area contributed by atoms with Crippen LogP contribution in [0.15, 0.2) is 290 Å². The van der Waals surface area contributed by atoms with Crippen molar-refractivity contribution in [2.45, 2.75) is 0 Å². The molecule has 0 unspecified atom stereocenters. The second-order valence-corrected chi connectivity index (χ2v) is 20.7. The minimum atomic E-state index is 0.574. The molecule has 0 atom stereocenters. The lowest BCUT2D eigenvalue weighted by Crippen LogP contribution is -2.04. The van der Waals surface area contributed by atoms with Crippen LogP contribution >= 0.6 is 0 Å². The van der Waals surface area contributed by atoms with Gasteiger partial charge in [0.15, 0.2) is 17.5 Å². The largest absolute Gasteiger partial charge is 0.455 e. The first-order chi connectivity index (χ1) is 40.2. The van der Waals surface area contributed by atoms with Crippen molar-refractivity contribution in [1.29, 1.82) is 0 Å². The molecule has 4 aromatic heterocycles. The monoisotopic (exact) mass is 1030 g/mol. The summed E-state index contributed by atoms with van der Waals surface area (Å²) in [7, 11) is 0. The number of hydrogen-bond donors (Lipinski definition) is 0. The zero-order valence-electron chi connectivity index (χ0n) is 43.8. The van der Waals surface area contributed by atoms with Gasteiger partial charge in [-0.1, -0.05) is 224 Å². The average Bonchev–Trinajstić information content (AvgIpc) is 4.40. The van der Waals surface area contributed by atoms with Gasteiger partial charge in [0.05, 0.1) is 33.1 Å². The van der Waals surface area contributed by atoms with Gasteiger partial charge in [-0.05, 0) is 88.0 Å². The summed E-state index contributed by atoms with van der Waals surface area (Å²) in [5.74, 6) is 1.78. The highest BCUT2D eigenvalue weighted by Crippen LogP contribution is 2.48. The minimum absolute atomic E-state index is 0.574. The molecule has 6 nitrogen and oxygen atoms in total. The highest BCUT2D eigenvalue weighted by Gasteiger charge is 2.26. The van der Waals surface area contributed by atoms with Gasteiger partial charge in [0, 0.05) is 66.5 Å². The number of aromatic nitrogens is 5. The van der Waals surface area contributed by atoms with E-state index in [0.717, 1.165) is 127 Å². The second kappa shape index (κ2) is 18.9. The fraction of sp³-hybridized carbons (Fsp3) is 0. The molecule has 0 spiro atoms. The number of benzene rings is 12. The van der Waals surface area contributed by atoms with Crippen LogP contribution in [0.25, 0.3) is 156 Å². The van der Waals surface area contributed by atoms with E-state index in [4.69, 9.17) is 19.4 Å². The Morgan fingerprint density at radius 3 is 1.23 bits per heavy atom. The molecular weight excluding hydrogens is 987 g/mol. The fourth-order valence-corrected chi connectivity index (χ4v) is 12.2. The minimum Gasteiger partial charge on any atom is -0.455 e. The van der Waals surface area contributed by atoms with E-state index >= 15 is 0 Å². The van der Waals surface area contributed by atoms with Gasteiger partial charge in [-0.25, -0.2) is 15.0 Å². The molecule has 16 aromatic rings. The van der Waals surface area contributed by atoms with Crippen molar-refractivity contribution in [1.82, 2.24) is 24.1 Å². The molecule has 0 radical (unpaired) electrons.